The topological polar surface area (TPSA) is 144 Å². The first-order valence-electron chi connectivity index (χ1n) is 10.8. The van der Waals surface area contributed by atoms with Crippen LogP contribution in [0.5, 0.6) is 0 Å². The summed E-state index contributed by atoms with van der Waals surface area (Å²) >= 11 is 0. The molecule has 11 nitrogen and oxygen atoms in total. The molecule has 36 heavy (non-hydrogen) atoms. The number of carbonyl (C=O) groups is 3. The van der Waals surface area contributed by atoms with Crippen LogP contribution in [-0.2, 0) is 9.53 Å². The van der Waals surface area contributed by atoms with Gasteiger partial charge in [0.25, 0.3) is 11.6 Å². The van der Waals surface area contributed by atoms with Gasteiger partial charge in [0.05, 0.1) is 10.5 Å². The number of ketones is 1. The highest BCUT2D eigenvalue weighted by molar-refractivity contribution is 6.47. The number of hydrogen-bond donors (Lipinski definition) is 1. The molecule has 0 radical (unpaired) electrons. The summed E-state index contributed by atoms with van der Waals surface area (Å²) in [5, 5.41) is 19.4. The maximum atomic E-state index is 13.8. The Morgan fingerprint density at radius 1 is 1.11 bits per heavy atom. The number of carbonyl (C=O) groups excluding carboxylic acids is 3. The molecule has 0 unspecified atom stereocenters. The Morgan fingerprint density at radius 3 is 2.53 bits per heavy atom. The van der Waals surface area contributed by atoms with E-state index in [1.54, 1.807) is 38.4 Å². The van der Waals surface area contributed by atoms with Crippen molar-refractivity contribution in [3.05, 3.63) is 99.9 Å². The average Bonchev–Trinajstić information content (AvgIpc) is 3.20. The molecular weight excluding hydrogens is 466 g/mol. The van der Waals surface area contributed by atoms with E-state index in [1.807, 2.05) is 0 Å². The van der Waals surface area contributed by atoms with Crippen LogP contribution in [0.15, 0.2) is 78.2 Å². The minimum atomic E-state index is -1.32. The summed E-state index contributed by atoms with van der Waals surface area (Å²) in [6.07, 6.45) is 1.75. The third kappa shape index (κ3) is 4.94. The summed E-state index contributed by atoms with van der Waals surface area (Å²) in [4.78, 5) is 54.4. The average molecular weight is 487 g/mol. The Bertz CT molecular complexity index is 1370. The van der Waals surface area contributed by atoms with Crippen LogP contribution in [0.2, 0.25) is 0 Å². The Hall–Kier alpha value is -4.93. The first-order chi connectivity index (χ1) is 17.3. The SMILES string of the molecule is CN(C)/N=C(/C(=O)Nc1cccc([N+](=O)[O-])c1)[C@H](C(=O)c1ccncc1)[C@H]1OC(=O)c2ccccc21. The molecular formula is C25H21N5O6. The van der Waals surface area contributed by atoms with Crippen LogP contribution in [0.3, 0.4) is 0 Å². The monoisotopic (exact) mass is 487 g/mol. The van der Waals surface area contributed by atoms with Crippen LogP contribution in [-0.4, -0.2) is 52.4 Å². The predicted octanol–water partition coefficient (Wildman–Crippen LogP) is 3.26. The summed E-state index contributed by atoms with van der Waals surface area (Å²) in [5.41, 5.74) is 0.664. The number of benzene rings is 2. The highest BCUT2D eigenvalue weighted by Gasteiger charge is 2.45. The van der Waals surface area contributed by atoms with E-state index in [0.29, 0.717) is 11.1 Å². The fraction of sp³-hybridized carbons (Fsp3) is 0.160. The number of nitro groups is 1. The number of nitro benzene ring substituents is 1. The van der Waals surface area contributed by atoms with Crippen molar-refractivity contribution in [3.63, 3.8) is 0 Å². The van der Waals surface area contributed by atoms with Gasteiger partial charge in [-0.3, -0.25) is 24.7 Å². The molecule has 3 aromatic rings. The third-order valence-electron chi connectivity index (χ3n) is 5.42. The molecule has 11 heteroatoms. The van der Waals surface area contributed by atoms with Crippen LogP contribution in [0.1, 0.15) is 32.4 Å². The maximum Gasteiger partial charge on any atom is 0.339 e. The van der Waals surface area contributed by atoms with Gasteiger partial charge in [0, 0.05) is 55.4 Å². The van der Waals surface area contributed by atoms with Crippen molar-refractivity contribution in [2.24, 2.45) is 11.0 Å². The highest BCUT2D eigenvalue weighted by atomic mass is 16.6. The van der Waals surface area contributed by atoms with Gasteiger partial charge in [0.15, 0.2) is 5.78 Å². The molecule has 2 atom stereocenters. The molecule has 0 saturated carbocycles. The zero-order chi connectivity index (χ0) is 25.8. The molecule has 2 heterocycles. The summed E-state index contributed by atoms with van der Waals surface area (Å²) < 4.78 is 5.61. The maximum absolute atomic E-state index is 13.8. The van der Waals surface area contributed by atoms with Crippen molar-refractivity contribution < 1.29 is 24.0 Å². The van der Waals surface area contributed by atoms with E-state index < -0.39 is 34.6 Å². The number of non-ortho nitro benzene ring substituents is 1. The number of anilines is 1. The number of nitrogens with one attached hydrogen (secondary N) is 1. The van der Waals surface area contributed by atoms with E-state index in [2.05, 4.69) is 15.4 Å². The van der Waals surface area contributed by atoms with Crippen LogP contribution in [0.4, 0.5) is 11.4 Å². The van der Waals surface area contributed by atoms with E-state index in [-0.39, 0.29) is 22.6 Å². The van der Waals surface area contributed by atoms with Crippen molar-refractivity contribution in [3.8, 4) is 0 Å². The van der Waals surface area contributed by atoms with Gasteiger partial charge in [-0.1, -0.05) is 24.3 Å². The number of esters is 1. The Labute approximate surface area is 205 Å². The molecule has 182 valence electrons. The zero-order valence-corrected chi connectivity index (χ0v) is 19.3. The Morgan fingerprint density at radius 2 is 1.83 bits per heavy atom. The number of rotatable bonds is 8. The highest BCUT2D eigenvalue weighted by Crippen LogP contribution is 2.38. The summed E-state index contributed by atoms with van der Waals surface area (Å²) in [5.74, 6) is -3.23. The molecule has 1 aliphatic heterocycles. The number of amides is 1. The number of hydrazone groups is 1. The van der Waals surface area contributed by atoms with Gasteiger partial charge in [0.1, 0.15) is 17.7 Å². The van der Waals surface area contributed by atoms with E-state index in [4.69, 9.17) is 4.74 Å². The van der Waals surface area contributed by atoms with Crippen LogP contribution >= 0.6 is 0 Å². The normalized spacial score (nSPS) is 15.4. The van der Waals surface area contributed by atoms with Gasteiger partial charge in [-0.25, -0.2) is 4.79 Å². The molecule has 0 fully saturated rings. The molecule has 1 aliphatic rings. The quantitative estimate of drug-likeness (QED) is 0.168. The third-order valence-corrected chi connectivity index (χ3v) is 5.42. The second kappa shape index (κ2) is 10.1. The number of aromatic nitrogens is 1. The van der Waals surface area contributed by atoms with Gasteiger partial charge < -0.3 is 15.1 Å². The molecule has 2 aromatic carbocycles. The molecule has 0 saturated heterocycles. The summed E-state index contributed by atoms with van der Waals surface area (Å²) in [6.45, 7) is 0. The number of nitrogens with zero attached hydrogens (tertiary/aromatic N) is 4. The first kappa shape index (κ1) is 24.2. The molecule has 1 aromatic heterocycles. The van der Waals surface area contributed by atoms with Crippen molar-refractivity contribution >= 4 is 34.7 Å². The minimum absolute atomic E-state index is 0.139. The van der Waals surface area contributed by atoms with Crippen LogP contribution in [0.25, 0.3) is 0 Å². The standard InChI is InChI=1S/C25H21N5O6/c1-29(2)28-21(24(32)27-16-6-5-7-17(14-16)30(34)35)20(22(31)15-10-12-26-13-11-15)23-18-8-3-4-9-19(18)25(33)36-23/h3-14,20,23H,1-2H3,(H,27,32)/b28-21+/t20-,23+/m1/s1. The molecule has 1 amide bonds. The summed E-state index contributed by atoms with van der Waals surface area (Å²) in [6, 6.07) is 15.0. The lowest BCUT2D eigenvalue weighted by molar-refractivity contribution is -0.384. The molecule has 0 aliphatic carbocycles. The molecule has 1 N–H and O–H groups in total. The van der Waals surface area contributed by atoms with Crippen molar-refractivity contribution in [2.75, 3.05) is 19.4 Å². The fourth-order valence-electron chi connectivity index (χ4n) is 3.88. The molecule has 0 bridgehead atoms. The Balaban J connectivity index is 1.80. The first-order valence-corrected chi connectivity index (χ1v) is 10.8. The van der Waals surface area contributed by atoms with Crippen molar-refractivity contribution in [1.29, 1.82) is 0 Å². The van der Waals surface area contributed by atoms with E-state index >= 15 is 0 Å². The minimum Gasteiger partial charge on any atom is -0.453 e. The number of cyclic esters (lactones) is 1. The lowest BCUT2D eigenvalue weighted by atomic mass is 9.84. The van der Waals surface area contributed by atoms with Crippen LogP contribution < -0.4 is 5.32 Å². The van der Waals surface area contributed by atoms with E-state index in [9.17, 15) is 24.5 Å². The number of Topliss-reactive ketones (excluding diaryl/α,β-unsaturated/α-hetero) is 1. The van der Waals surface area contributed by atoms with Gasteiger partial charge in [-0.15, -0.1) is 0 Å². The van der Waals surface area contributed by atoms with Gasteiger partial charge in [-0.2, -0.15) is 5.10 Å². The van der Waals surface area contributed by atoms with E-state index in [0.717, 1.165) is 0 Å². The second-order valence-corrected chi connectivity index (χ2v) is 8.08. The van der Waals surface area contributed by atoms with Gasteiger partial charge in [0.2, 0.25) is 0 Å². The number of pyridine rings is 1. The Kier molecular flexibility index (Phi) is 6.81. The second-order valence-electron chi connectivity index (χ2n) is 8.08. The number of hydrogen-bond acceptors (Lipinski definition) is 9. The number of ether oxygens (including phenoxy) is 1. The molecule has 0 spiro atoms. The van der Waals surface area contributed by atoms with Crippen molar-refractivity contribution in [2.45, 2.75) is 6.10 Å². The van der Waals surface area contributed by atoms with E-state index in [1.165, 1.54) is 53.8 Å². The van der Waals surface area contributed by atoms with Crippen LogP contribution in [0, 0.1) is 16.0 Å². The van der Waals surface area contributed by atoms with Gasteiger partial charge >= 0.3 is 5.97 Å². The lowest BCUT2D eigenvalue weighted by Crippen LogP contribution is -2.39. The zero-order valence-electron chi connectivity index (χ0n) is 19.3. The molecule has 4 rings (SSSR count). The fourth-order valence-corrected chi connectivity index (χ4v) is 3.88. The lowest BCUT2D eigenvalue weighted by Gasteiger charge is -2.24. The predicted molar refractivity (Wildman–Crippen MR) is 130 cm³/mol. The largest absolute Gasteiger partial charge is 0.453 e. The smallest absolute Gasteiger partial charge is 0.339 e. The van der Waals surface area contributed by atoms with Gasteiger partial charge in [-0.05, 0) is 24.3 Å². The summed E-state index contributed by atoms with van der Waals surface area (Å²) in [7, 11) is 3.15. The number of fused-ring (bicyclic) bond motifs is 1. The van der Waals surface area contributed by atoms with Crippen molar-refractivity contribution in [1.82, 2.24) is 9.99 Å².